The van der Waals surface area contributed by atoms with Gasteiger partial charge in [0.1, 0.15) is 5.82 Å². The van der Waals surface area contributed by atoms with Crippen LogP contribution in [-0.4, -0.2) is 44.0 Å². The molecule has 1 fully saturated rings. The summed E-state index contributed by atoms with van der Waals surface area (Å²) in [5.41, 5.74) is 0.193. The summed E-state index contributed by atoms with van der Waals surface area (Å²) in [6.45, 7) is 0.692. The zero-order valence-corrected chi connectivity index (χ0v) is 13.9. The van der Waals surface area contributed by atoms with Crippen LogP contribution in [-0.2, 0) is 10.0 Å². The maximum Gasteiger partial charge on any atom is 0.252 e. The van der Waals surface area contributed by atoms with E-state index < -0.39 is 21.7 Å². The molecule has 0 radical (unpaired) electrons. The van der Waals surface area contributed by atoms with Gasteiger partial charge in [-0.1, -0.05) is 0 Å². The van der Waals surface area contributed by atoms with Crippen LogP contribution >= 0.6 is 15.9 Å². The molecule has 1 heterocycles. The van der Waals surface area contributed by atoms with Gasteiger partial charge in [0.05, 0.1) is 11.8 Å². The number of carbonyl (C=O) groups excluding carboxylic acids is 1. The van der Waals surface area contributed by atoms with E-state index in [1.54, 1.807) is 0 Å². The van der Waals surface area contributed by atoms with Crippen LogP contribution in [0.4, 0.5) is 4.39 Å². The van der Waals surface area contributed by atoms with Crippen LogP contribution in [0.2, 0.25) is 0 Å². The van der Waals surface area contributed by atoms with Crippen molar-refractivity contribution in [1.29, 1.82) is 0 Å². The van der Waals surface area contributed by atoms with Crippen LogP contribution in [0.3, 0.4) is 0 Å². The van der Waals surface area contributed by atoms with E-state index in [-0.39, 0.29) is 18.2 Å². The lowest BCUT2D eigenvalue weighted by Gasteiger charge is -2.22. The smallest absolute Gasteiger partial charge is 0.252 e. The van der Waals surface area contributed by atoms with Crippen molar-refractivity contribution in [2.45, 2.75) is 18.9 Å². The van der Waals surface area contributed by atoms with Gasteiger partial charge in [-0.05, 0) is 47.0 Å². The number of halogens is 2. The van der Waals surface area contributed by atoms with E-state index in [1.165, 1.54) is 16.4 Å². The lowest BCUT2D eigenvalue weighted by atomic mass is 10.2. The second-order valence-corrected chi connectivity index (χ2v) is 7.79. The van der Waals surface area contributed by atoms with Gasteiger partial charge in [0.2, 0.25) is 10.0 Å². The molecule has 116 valence electrons. The standard InChI is InChI=1S/C13H16BrFN2O3S/c1-21(19,20)17-6-2-3-10(17)8-16-13(18)11-7-9(15)4-5-12(11)14/h4-5,7,10H,2-3,6,8H2,1H3,(H,16,18)/t10-/m1/s1. The first-order valence-corrected chi connectivity index (χ1v) is 9.13. The highest BCUT2D eigenvalue weighted by molar-refractivity contribution is 9.10. The molecule has 1 atom stereocenters. The molecule has 1 aromatic rings. The zero-order valence-electron chi connectivity index (χ0n) is 11.5. The van der Waals surface area contributed by atoms with Gasteiger partial charge in [0.15, 0.2) is 0 Å². The van der Waals surface area contributed by atoms with Crippen molar-refractivity contribution < 1.29 is 17.6 Å². The molecule has 8 heteroatoms. The second-order valence-electron chi connectivity index (χ2n) is 5.00. The zero-order chi connectivity index (χ0) is 15.6. The maximum absolute atomic E-state index is 13.2. The fourth-order valence-electron chi connectivity index (χ4n) is 2.43. The summed E-state index contributed by atoms with van der Waals surface area (Å²) in [5, 5.41) is 2.67. The molecule has 2 rings (SSSR count). The quantitative estimate of drug-likeness (QED) is 0.867. The largest absolute Gasteiger partial charge is 0.350 e. The van der Waals surface area contributed by atoms with Crippen LogP contribution in [0.25, 0.3) is 0 Å². The van der Waals surface area contributed by atoms with E-state index in [9.17, 15) is 17.6 Å². The lowest BCUT2D eigenvalue weighted by Crippen LogP contribution is -2.42. The fraction of sp³-hybridized carbons (Fsp3) is 0.462. The average Bonchev–Trinajstić information content (AvgIpc) is 2.87. The van der Waals surface area contributed by atoms with E-state index >= 15 is 0 Å². The van der Waals surface area contributed by atoms with Crippen LogP contribution in [0.5, 0.6) is 0 Å². The van der Waals surface area contributed by atoms with Crippen LogP contribution in [0, 0.1) is 5.82 Å². The number of rotatable bonds is 4. The highest BCUT2D eigenvalue weighted by Crippen LogP contribution is 2.21. The number of carbonyl (C=O) groups is 1. The number of sulfonamides is 1. The molecule has 0 aromatic heterocycles. The second kappa shape index (κ2) is 6.41. The molecule has 1 aliphatic heterocycles. The summed E-state index contributed by atoms with van der Waals surface area (Å²) in [7, 11) is -3.27. The Morgan fingerprint density at radius 1 is 1.52 bits per heavy atom. The number of nitrogens with zero attached hydrogens (tertiary/aromatic N) is 1. The first-order valence-electron chi connectivity index (χ1n) is 6.49. The van der Waals surface area contributed by atoms with Crippen molar-refractivity contribution in [3.63, 3.8) is 0 Å². The van der Waals surface area contributed by atoms with Crippen LogP contribution < -0.4 is 5.32 Å². The van der Waals surface area contributed by atoms with Gasteiger partial charge in [0.25, 0.3) is 5.91 Å². The Morgan fingerprint density at radius 3 is 2.90 bits per heavy atom. The molecular weight excluding hydrogens is 363 g/mol. The Hall–Kier alpha value is -0.990. The minimum absolute atomic E-state index is 0.193. The van der Waals surface area contributed by atoms with E-state index in [1.807, 2.05) is 0 Å². The van der Waals surface area contributed by atoms with Crippen LogP contribution in [0.1, 0.15) is 23.2 Å². The molecule has 21 heavy (non-hydrogen) atoms. The van der Waals surface area contributed by atoms with Gasteiger partial charge in [-0.2, -0.15) is 4.31 Å². The van der Waals surface area contributed by atoms with Gasteiger partial charge < -0.3 is 5.32 Å². The summed E-state index contributed by atoms with van der Waals surface area (Å²) < 4.78 is 38.3. The van der Waals surface area contributed by atoms with Crippen molar-refractivity contribution in [3.05, 3.63) is 34.1 Å². The van der Waals surface area contributed by atoms with Gasteiger partial charge in [-0.25, -0.2) is 12.8 Å². The monoisotopic (exact) mass is 378 g/mol. The molecule has 1 aromatic carbocycles. The molecule has 0 bridgehead atoms. The summed E-state index contributed by atoms with van der Waals surface area (Å²) in [6.07, 6.45) is 2.64. The number of hydrogen-bond acceptors (Lipinski definition) is 3. The third-order valence-electron chi connectivity index (χ3n) is 3.42. The predicted octanol–water partition coefficient (Wildman–Crippen LogP) is 1.74. The number of nitrogens with one attached hydrogen (secondary N) is 1. The molecule has 0 spiro atoms. The third-order valence-corrected chi connectivity index (χ3v) is 5.44. The Bertz CT molecular complexity index is 651. The van der Waals surface area contributed by atoms with E-state index in [0.717, 1.165) is 18.7 Å². The highest BCUT2D eigenvalue weighted by atomic mass is 79.9. The summed E-state index contributed by atoms with van der Waals surface area (Å²) in [4.78, 5) is 12.1. The van der Waals surface area contributed by atoms with Crippen molar-refractivity contribution in [1.82, 2.24) is 9.62 Å². The Labute approximate surface area is 131 Å². The Morgan fingerprint density at radius 2 is 2.24 bits per heavy atom. The van der Waals surface area contributed by atoms with Gasteiger partial charge in [0, 0.05) is 23.6 Å². The molecule has 1 amide bonds. The van der Waals surface area contributed by atoms with Gasteiger partial charge in [-0.3, -0.25) is 4.79 Å². The van der Waals surface area contributed by atoms with E-state index in [0.29, 0.717) is 17.4 Å². The Kier molecular flexibility index (Phi) is 5.00. The normalized spacial score (nSPS) is 19.7. The first kappa shape index (κ1) is 16.4. The molecule has 0 unspecified atom stereocenters. The SMILES string of the molecule is CS(=O)(=O)N1CCC[C@@H]1CNC(=O)c1cc(F)ccc1Br. The topological polar surface area (TPSA) is 66.5 Å². The van der Waals surface area contributed by atoms with Crippen molar-refractivity contribution in [2.75, 3.05) is 19.3 Å². The first-order chi connectivity index (χ1) is 9.79. The number of hydrogen-bond donors (Lipinski definition) is 1. The summed E-state index contributed by atoms with van der Waals surface area (Å²) in [6, 6.07) is 3.62. The van der Waals surface area contributed by atoms with Crippen molar-refractivity contribution >= 4 is 31.9 Å². The summed E-state index contributed by atoms with van der Waals surface area (Å²) in [5.74, 6) is -0.927. The predicted molar refractivity (Wildman–Crippen MR) is 81.0 cm³/mol. The highest BCUT2D eigenvalue weighted by Gasteiger charge is 2.31. The third kappa shape index (κ3) is 4.02. The number of amides is 1. The Balaban J connectivity index is 2.03. The molecule has 5 nitrogen and oxygen atoms in total. The molecule has 1 N–H and O–H groups in total. The molecule has 1 aliphatic rings. The average molecular weight is 379 g/mol. The lowest BCUT2D eigenvalue weighted by molar-refractivity contribution is 0.0945. The van der Waals surface area contributed by atoms with Gasteiger partial charge >= 0.3 is 0 Å². The minimum atomic E-state index is -3.27. The van der Waals surface area contributed by atoms with E-state index in [2.05, 4.69) is 21.2 Å². The minimum Gasteiger partial charge on any atom is -0.350 e. The molecular formula is C13H16BrFN2O3S. The summed E-state index contributed by atoms with van der Waals surface area (Å²) >= 11 is 3.19. The maximum atomic E-state index is 13.2. The molecule has 0 aliphatic carbocycles. The van der Waals surface area contributed by atoms with Crippen LogP contribution in [0.15, 0.2) is 22.7 Å². The van der Waals surface area contributed by atoms with Crippen molar-refractivity contribution in [3.8, 4) is 0 Å². The molecule has 0 saturated carbocycles. The number of benzene rings is 1. The molecule has 1 saturated heterocycles. The fourth-order valence-corrected chi connectivity index (χ4v) is 4.04. The van der Waals surface area contributed by atoms with Crippen molar-refractivity contribution in [2.24, 2.45) is 0 Å². The van der Waals surface area contributed by atoms with Gasteiger partial charge in [-0.15, -0.1) is 0 Å². The van der Waals surface area contributed by atoms with E-state index in [4.69, 9.17) is 0 Å².